The Morgan fingerprint density at radius 2 is 2.05 bits per heavy atom. The van der Waals surface area contributed by atoms with E-state index in [1.165, 1.54) is 6.07 Å². The normalized spacial score (nSPS) is 17.4. The minimum absolute atomic E-state index is 0.00331. The molecule has 0 aliphatic carbocycles. The van der Waals surface area contributed by atoms with Gasteiger partial charge in [0.2, 0.25) is 0 Å². The summed E-state index contributed by atoms with van der Waals surface area (Å²) < 4.78 is 26.4. The van der Waals surface area contributed by atoms with Crippen molar-refractivity contribution in [1.29, 1.82) is 0 Å². The van der Waals surface area contributed by atoms with Gasteiger partial charge < -0.3 is 0 Å². The lowest BCUT2D eigenvalue weighted by atomic mass is 9.88. The van der Waals surface area contributed by atoms with Crippen LogP contribution in [0.3, 0.4) is 0 Å². The number of Topliss-reactive ketones (excluding diaryl/α,β-unsaturated/α-hetero) is 1. The molecule has 4 heteroatoms. The number of likely N-dealkylation sites (tertiary alicyclic amines) is 1. The minimum Gasteiger partial charge on any atom is -0.300 e. The van der Waals surface area contributed by atoms with Gasteiger partial charge in [-0.15, -0.1) is 6.58 Å². The maximum Gasteiger partial charge on any atom is 0.168 e. The third kappa shape index (κ3) is 3.26. The van der Waals surface area contributed by atoms with Crippen LogP contribution in [0.5, 0.6) is 0 Å². The molecule has 0 atom stereocenters. The molecular formula is C15H17F2NO. The van der Waals surface area contributed by atoms with Gasteiger partial charge in [-0.1, -0.05) is 6.08 Å². The second-order valence-corrected chi connectivity index (χ2v) is 4.85. The van der Waals surface area contributed by atoms with Crippen LogP contribution in [-0.4, -0.2) is 30.3 Å². The van der Waals surface area contributed by atoms with Gasteiger partial charge in [-0.25, -0.2) is 8.78 Å². The highest BCUT2D eigenvalue weighted by Crippen LogP contribution is 2.23. The van der Waals surface area contributed by atoms with E-state index < -0.39 is 11.6 Å². The number of piperidine rings is 1. The molecule has 1 aliphatic heterocycles. The molecule has 0 aromatic heterocycles. The number of halogens is 2. The highest BCUT2D eigenvalue weighted by molar-refractivity contribution is 5.98. The lowest BCUT2D eigenvalue weighted by Crippen LogP contribution is -2.36. The van der Waals surface area contributed by atoms with Gasteiger partial charge in [0.1, 0.15) is 11.6 Å². The van der Waals surface area contributed by atoms with Crippen LogP contribution in [0.25, 0.3) is 0 Å². The SMILES string of the molecule is C=CCN1CCC(C(=O)c2ccc(F)cc2F)CC1. The summed E-state index contributed by atoms with van der Waals surface area (Å²) in [6.07, 6.45) is 3.26. The molecule has 0 saturated carbocycles. The Morgan fingerprint density at radius 3 is 2.63 bits per heavy atom. The van der Waals surface area contributed by atoms with Gasteiger partial charge in [-0.3, -0.25) is 9.69 Å². The molecule has 102 valence electrons. The van der Waals surface area contributed by atoms with E-state index in [1.54, 1.807) is 0 Å². The van der Waals surface area contributed by atoms with E-state index in [0.717, 1.165) is 31.8 Å². The fourth-order valence-electron chi connectivity index (χ4n) is 2.47. The van der Waals surface area contributed by atoms with E-state index in [1.807, 2.05) is 6.08 Å². The summed E-state index contributed by atoms with van der Waals surface area (Å²) >= 11 is 0. The van der Waals surface area contributed by atoms with Crippen molar-refractivity contribution in [1.82, 2.24) is 4.90 Å². The fraction of sp³-hybridized carbons (Fsp3) is 0.400. The van der Waals surface area contributed by atoms with Crippen LogP contribution in [-0.2, 0) is 0 Å². The van der Waals surface area contributed by atoms with Crippen molar-refractivity contribution >= 4 is 5.78 Å². The second-order valence-electron chi connectivity index (χ2n) is 4.85. The Labute approximate surface area is 111 Å². The number of nitrogens with zero attached hydrogens (tertiary/aromatic N) is 1. The molecule has 1 heterocycles. The first-order valence-corrected chi connectivity index (χ1v) is 6.44. The third-order valence-corrected chi connectivity index (χ3v) is 3.54. The third-order valence-electron chi connectivity index (χ3n) is 3.54. The predicted molar refractivity (Wildman–Crippen MR) is 70.0 cm³/mol. The zero-order chi connectivity index (χ0) is 13.8. The van der Waals surface area contributed by atoms with Gasteiger partial charge in [-0.2, -0.15) is 0 Å². The van der Waals surface area contributed by atoms with Crippen molar-refractivity contribution < 1.29 is 13.6 Å². The zero-order valence-electron chi connectivity index (χ0n) is 10.7. The van der Waals surface area contributed by atoms with Gasteiger partial charge in [0, 0.05) is 18.5 Å². The van der Waals surface area contributed by atoms with Crippen molar-refractivity contribution in [2.24, 2.45) is 5.92 Å². The molecule has 0 amide bonds. The van der Waals surface area contributed by atoms with Gasteiger partial charge in [0.25, 0.3) is 0 Å². The van der Waals surface area contributed by atoms with Crippen LogP contribution in [0, 0.1) is 17.6 Å². The van der Waals surface area contributed by atoms with Crippen LogP contribution in [0.4, 0.5) is 8.78 Å². The smallest absolute Gasteiger partial charge is 0.168 e. The average Bonchev–Trinajstić information content (AvgIpc) is 2.39. The quantitative estimate of drug-likeness (QED) is 0.616. The molecule has 19 heavy (non-hydrogen) atoms. The van der Waals surface area contributed by atoms with Gasteiger partial charge in [0.05, 0.1) is 5.56 Å². The first-order valence-electron chi connectivity index (χ1n) is 6.44. The summed E-state index contributed by atoms with van der Waals surface area (Å²) in [4.78, 5) is 14.4. The molecule has 1 fully saturated rings. The monoisotopic (exact) mass is 265 g/mol. The number of hydrogen-bond acceptors (Lipinski definition) is 2. The Bertz CT molecular complexity index is 479. The predicted octanol–water partition coefficient (Wildman–Crippen LogP) is 3.05. The van der Waals surface area contributed by atoms with Gasteiger partial charge in [-0.05, 0) is 38.1 Å². The number of rotatable bonds is 4. The number of carbonyl (C=O) groups excluding carboxylic acids is 1. The largest absolute Gasteiger partial charge is 0.300 e. The lowest BCUT2D eigenvalue weighted by molar-refractivity contribution is 0.0844. The first-order chi connectivity index (χ1) is 9.11. The highest BCUT2D eigenvalue weighted by Gasteiger charge is 2.27. The Morgan fingerprint density at radius 1 is 1.37 bits per heavy atom. The summed E-state index contributed by atoms with van der Waals surface area (Å²) in [6, 6.07) is 3.13. The van der Waals surface area contributed by atoms with E-state index in [9.17, 15) is 13.6 Å². The molecule has 2 rings (SSSR count). The summed E-state index contributed by atoms with van der Waals surface area (Å²) in [5, 5.41) is 0. The summed E-state index contributed by atoms with van der Waals surface area (Å²) in [5.41, 5.74) is 0.00331. The van der Waals surface area contributed by atoms with Crippen LogP contribution in [0.1, 0.15) is 23.2 Å². The molecule has 0 radical (unpaired) electrons. The van der Waals surface area contributed by atoms with E-state index in [4.69, 9.17) is 0 Å². The standard InChI is InChI=1S/C15H17F2NO/c1-2-7-18-8-5-11(6-9-18)15(19)13-4-3-12(16)10-14(13)17/h2-4,10-11H,1,5-9H2. The lowest BCUT2D eigenvalue weighted by Gasteiger charge is -2.30. The van der Waals surface area contributed by atoms with Crippen LogP contribution >= 0.6 is 0 Å². The van der Waals surface area contributed by atoms with Crippen molar-refractivity contribution in [3.8, 4) is 0 Å². The van der Waals surface area contributed by atoms with Crippen molar-refractivity contribution in [3.63, 3.8) is 0 Å². The van der Waals surface area contributed by atoms with E-state index in [0.29, 0.717) is 12.8 Å². The van der Waals surface area contributed by atoms with Gasteiger partial charge >= 0.3 is 0 Å². The molecule has 1 saturated heterocycles. The first kappa shape index (κ1) is 13.9. The van der Waals surface area contributed by atoms with Crippen LogP contribution in [0.15, 0.2) is 30.9 Å². The van der Waals surface area contributed by atoms with E-state index in [-0.39, 0.29) is 17.3 Å². The second kappa shape index (κ2) is 6.06. The summed E-state index contributed by atoms with van der Waals surface area (Å²) in [6.45, 7) is 6.12. The maximum absolute atomic E-state index is 13.6. The molecular weight excluding hydrogens is 248 g/mol. The Balaban J connectivity index is 2.03. The summed E-state index contributed by atoms with van der Waals surface area (Å²) in [5.74, 6) is -1.80. The van der Waals surface area contributed by atoms with Crippen molar-refractivity contribution in [2.45, 2.75) is 12.8 Å². The maximum atomic E-state index is 13.6. The fourth-order valence-corrected chi connectivity index (χ4v) is 2.47. The average molecular weight is 265 g/mol. The number of benzene rings is 1. The summed E-state index contributed by atoms with van der Waals surface area (Å²) in [7, 11) is 0. The Kier molecular flexibility index (Phi) is 4.43. The Hall–Kier alpha value is -1.55. The topological polar surface area (TPSA) is 20.3 Å². The number of carbonyl (C=O) groups is 1. The number of ketones is 1. The highest BCUT2D eigenvalue weighted by atomic mass is 19.1. The molecule has 1 aromatic carbocycles. The van der Waals surface area contributed by atoms with Gasteiger partial charge in [0.15, 0.2) is 5.78 Å². The number of hydrogen-bond donors (Lipinski definition) is 0. The van der Waals surface area contributed by atoms with E-state index >= 15 is 0 Å². The van der Waals surface area contributed by atoms with Crippen molar-refractivity contribution in [2.75, 3.05) is 19.6 Å². The van der Waals surface area contributed by atoms with Crippen LogP contribution < -0.4 is 0 Å². The minimum atomic E-state index is -0.765. The van der Waals surface area contributed by atoms with E-state index in [2.05, 4.69) is 11.5 Å². The van der Waals surface area contributed by atoms with Crippen molar-refractivity contribution in [3.05, 3.63) is 48.1 Å². The molecule has 0 bridgehead atoms. The van der Waals surface area contributed by atoms with Crippen LogP contribution in [0.2, 0.25) is 0 Å². The molecule has 1 aromatic rings. The molecule has 2 nitrogen and oxygen atoms in total. The molecule has 0 N–H and O–H groups in total. The molecule has 1 aliphatic rings. The molecule has 0 spiro atoms. The zero-order valence-corrected chi connectivity index (χ0v) is 10.7. The molecule has 0 unspecified atom stereocenters.